The molecule has 0 fully saturated rings. The minimum atomic E-state index is 0.397. The molecular formula is C4H2N6S. The molecule has 0 bridgehead atoms. The maximum Gasteiger partial charge on any atom is 0.348 e. The van der Waals surface area contributed by atoms with E-state index in [1.165, 1.54) is 16.8 Å². The van der Waals surface area contributed by atoms with E-state index >= 15 is 0 Å². The Bertz CT molecular complexity index is 320. The van der Waals surface area contributed by atoms with Gasteiger partial charge in [-0.2, -0.15) is 0 Å². The first-order chi connectivity index (χ1) is 5.36. The van der Waals surface area contributed by atoms with Crippen molar-refractivity contribution in [2.75, 3.05) is 0 Å². The topological polar surface area (TPSA) is 64.8 Å². The highest BCUT2D eigenvalue weighted by atomic mass is 32.1. The van der Waals surface area contributed by atoms with Crippen LogP contribution < -0.4 is 0 Å². The van der Waals surface area contributed by atoms with Crippen LogP contribution in [-0.4, -0.2) is 16.8 Å². The second kappa shape index (κ2) is 2.27. The zero-order chi connectivity index (χ0) is 7.68. The molecule has 0 spiro atoms. The van der Waals surface area contributed by atoms with Crippen LogP contribution in [0.25, 0.3) is 0 Å². The summed E-state index contributed by atoms with van der Waals surface area (Å²) in [4.78, 5) is 7.63. The molecule has 0 aromatic heterocycles. The van der Waals surface area contributed by atoms with Gasteiger partial charge in [-0.25, -0.2) is 9.10 Å². The Hall–Kier alpha value is -1.50. The van der Waals surface area contributed by atoms with Crippen molar-refractivity contribution in [1.29, 1.82) is 0 Å². The molecule has 2 aliphatic heterocycles. The molecular weight excluding hydrogens is 164 g/mol. The zero-order valence-electron chi connectivity index (χ0n) is 5.25. The van der Waals surface area contributed by atoms with Crippen molar-refractivity contribution in [3.05, 3.63) is 11.6 Å². The highest BCUT2D eigenvalue weighted by Crippen LogP contribution is 2.16. The predicted molar refractivity (Wildman–Crippen MR) is 38.9 cm³/mol. The van der Waals surface area contributed by atoms with Crippen molar-refractivity contribution in [2.24, 2.45) is 25.3 Å². The Balaban J connectivity index is 2.44. The van der Waals surface area contributed by atoms with Gasteiger partial charge in [0.25, 0.3) is 12.2 Å². The third-order valence-electron chi connectivity index (χ3n) is 1.06. The Morgan fingerprint density at radius 1 is 1.27 bits per heavy atom. The minimum Gasteiger partial charge on any atom is -0.527 e. The highest BCUT2D eigenvalue weighted by Gasteiger charge is 2.16. The fraction of sp³-hybridized carbons (Fsp3) is 0. The molecule has 0 N–H and O–H groups in total. The summed E-state index contributed by atoms with van der Waals surface area (Å²) in [7, 11) is 0. The first-order valence-electron chi connectivity index (χ1n) is 2.76. The fourth-order valence-corrected chi connectivity index (χ4v) is 0.765. The van der Waals surface area contributed by atoms with Crippen LogP contribution in [0.3, 0.4) is 0 Å². The molecule has 2 aliphatic rings. The van der Waals surface area contributed by atoms with E-state index in [4.69, 9.17) is 0 Å². The van der Waals surface area contributed by atoms with E-state index in [0.29, 0.717) is 11.6 Å². The number of hydrogen-bond acceptors (Lipinski definition) is 6. The van der Waals surface area contributed by atoms with Crippen LogP contribution in [0.5, 0.6) is 0 Å². The molecule has 0 aliphatic carbocycles. The number of hydrogen-bond donors (Lipinski definition) is 0. The standard InChI is InChI=1S/C4H2N6S/c11-10-2-6-4(9-10)3-5-1-7-8-3/h1-2H. The summed E-state index contributed by atoms with van der Waals surface area (Å²) in [6, 6.07) is 0. The van der Waals surface area contributed by atoms with E-state index in [-0.39, 0.29) is 0 Å². The lowest BCUT2D eigenvalue weighted by Gasteiger charge is -1.87. The summed E-state index contributed by atoms with van der Waals surface area (Å²) >= 11 is 4.67. The first-order valence-corrected chi connectivity index (χ1v) is 3.12. The molecule has 2 rings (SSSR count). The first kappa shape index (κ1) is 6.23. The lowest BCUT2D eigenvalue weighted by Crippen LogP contribution is -1.87. The van der Waals surface area contributed by atoms with Gasteiger partial charge in [-0.15, -0.1) is 10.2 Å². The predicted octanol–water partition coefficient (Wildman–Crippen LogP) is 0.576. The van der Waals surface area contributed by atoms with Crippen LogP contribution in [0, 0.1) is 0 Å². The van der Waals surface area contributed by atoms with Gasteiger partial charge in [0.1, 0.15) is 6.34 Å². The zero-order valence-corrected chi connectivity index (χ0v) is 6.06. The van der Waals surface area contributed by atoms with Crippen LogP contribution in [0.4, 0.5) is 0 Å². The largest absolute Gasteiger partial charge is 0.527 e. The summed E-state index contributed by atoms with van der Waals surface area (Å²) in [6.07, 6.45) is 2.74. The average molecular weight is 166 g/mol. The van der Waals surface area contributed by atoms with Crippen LogP contribution in [0.2, 0.25) is 0 Å². The van der Waals surface area contributed by atoms with Gasteiger partial charge >= 0.3 is 5.82 Å². The van der Waals surface area contributed by atoms with Gasteiger partial charge in [-0.1, -0.05) is 0 Å². The normalized spacial score (nSPS) is 26.7. The van der Waals surface area contributed by atoms with Crippen molar-refractivity contribution in [1.82, 2.24) is 0 Å². The molecule has 0 aromatic carbocycles. The molecule has 0 unspecified atom stereocenters. The van der Waals surface area contributed by atoms with Gasteiger partial charge in [0.2, 0.25) is 0 Å². The van der Waals surface area contributed by atoms with E-state index in [9.17, 15) is 0 Å². The second-order valence-electron chi connectivity index (χ2n) is 1.75. The molecule has 0 aromatic rings. The van der Waals surface area contributed by atoms with Crippen molar-refractivity contribution < 1.29 is 4.10 Å². The molecule has 0 saturated heterocycles. The third kappa shape index (κ3) is 1.05. The van der Waals surface area contributed by atoms with E-state index in [0.717, 1.165) is 0 Å². The Labute approximate surface area is 67.3 Å². The number of azo groups is 2. The smallest absolute Gasteiger partial charge is 0.348 e. The molecule has 0 radical (unpaired) electrons. The van der Waals surface area contributed by atoms with Crippen molar-refractivity contribution >= 4 is 25.5 Å². The molecule has 11 heavy (non-hydrogen) atoms. The molecule has 7 heteroatoms. The molecule has 2 heterocycles. The third-order valence-corrected chi connectivity index (χ3v) is 1.23. The summed E-state index contributed by atoms with van der Waals surface area (Å²) in [5.74, 6) is 0.797. The van der Waals surface area contributed by atoms with Crippen molar-refractivity contribution in [3.63, 3.8) is 0 Å². The fourth-order valence-electron chi connectivity index (χ4n) is 0.641. The molecule has 6 nitrogen and oxygen atoms in total. The van der Waals surface area contributed by atoms with Crippen LogP contribution >= 0.6 is 0 Å². The van der Waals surface area contributed by atoms with Crippen molar-refractivity contribution in [2.45, 2.75) is 0 Å². The molecule has 0 atom stereocenters. The van der Waals surface area contributed by atoms with Gasteiger partial charge in [0, 0.05) is 0 Å². The highest BCUT2D eigenvalue weighted by molar-refractivity contribution is 7.51. The lowest BCUT2D eigenvalue weighted by molar-refractivity contribution is -0.268. The van der Waals surface area contributed by atoms with Crippen molar-refractivity contribution in [3.8, 4) is 0 Å². The summed E-state index contributed by atoms with van der Waals surface area (Å²) in [6.45, 7) is 0. The van der Waals surface area contributed by atoms with Crippen LogP contribution in [0.15, 0.2) is 37.0 Å². The summed E-state index contributed by atoms with van der Waals surface area (Å²) < 4.78 is 1.17. The number of nitrogens with zero attached hydrogens (tertiary/aromatic N) is 6. The summed E-state index contributed by atoms with van der Waals surface area (Å²) in [5.41, 5.74) is 0. The average Bonchev–Trinajstić information content (AvgIpc) is 2.55. The minimum absolute atomic E-state index is 0.397. The van der Waals surface area contributed by atoms with Gasteiger partial charge in [-0.3, -0.25) is 0 Å². The Morgan fingerprint density at radius 3 is 2.73 bits per heavy atom. The second-order valence-corrected chi connectivity index (χ2v) is 2.13. The Kier molecular flexibility index (Phi) is 1.29. The van der Waals surface area contributed by atoms with Crippen LogP contribution in [0.1, 0.15) is 0 Å². The van der Waals surface area contributed by atoms with E-state index < -0.39 is 0 Å². The SMILES string of the molecule is [S-][N+]1=NC(=C2N=CN=N2)N=C1. The quantitative estimate of drug-likeness (QED) is 0.383. The van der Waals surface area contributed by atoms with Crippen LogP contribution in [-0.2, 0) is 12.8 Å². The lowest BCUT2D eigenvalue weighted by atomic mass is 10.7. The Morgan fingerprint density at radius 2 is 2.18 bits per heavy atom. The van der Waals surface area contributed by atoms with E-state index in [2.05, 4.69) is 38.1 Å². The monoisotopic (exact) mass is 166 g/mol. The maximum absolute atomic E-state index is 4.67. The van der Waals surface area contributed by atoms with Gasteiger partial charge in [-0.05, 0) is 10.1 Å². The maximum atomic E-state index is 4.67. The number of aliphatic imine (C=N–C) groups is 2. The molecule has 54 valence electrons. The number of rotatable bonds is 0. The van der Waals surface area contributed by atoms with Gasteiger partial charge < -0.3 is 12.8 Å². The van der Waals surface area contributed by atoms with E-state index in [1.54, 1.807) is 0 Å². The summed E-state index contributed by atoms with van der Waals surface area (Å²) in [5, 5.41) is 11.0. The molecule has 0 amide bonds. The van der Waals surface area contributed by atoms with Gasteiger partial charge in [0.05, 0.1) is 0 Å². The molecule has 0 saturated carbocycles. The van der Waals surface area contributed by atoms with E-state index in [1.807, 2.05) is 0 Å². The van der Waals surface area contributed by atoms with Gasteiger partial charge in [0.15, 0.2) is 0 Å².